The number of hydrogen-bond donors (Lipinski definition) is 1. The monoisotopic (exact) mass is 683 g/mol. The second kappa shape index (κ2) is 14.5. The minimum atomic E-state index is -4.06. The molecule has 11 nitrogen and oxygen atoms in total. The van der Waals surface area contributed by atoms with Crippen LogP contribution in [0.4, 0.5) is 4.79 Å². The van der Waals surface area contributed by atoms with Gasteiger partial charge in [-0.15, -0.1) is 14.2 Å². The number of rotatable bonds is 12. The number of amides is 1. The number of sulfonamides is 2. The van der Waals surface area contributed by atoms with Crippen molar-refractivity contribution in [3.05, 3.63) is 101 Å². The molecule has 0 spiro atoms. The fraction of sp³-hybridized carbons (Fsp3) is 0.412. The highest BCUT2D eigenvalue weighted by Gasteiger charge is 2.31. The molecule has 1 amide bonds. The van der Waals surface area contributed by atoms with E-state index in [-0.39, 0.29) is 23.7 Å². The largest absolute Gasteiger partial charge is 0.442 e. The number of ether oxygens (including phenoxy) is 1. The highest BCUT2D eigenvalue weighted by molar-refractivity contribution is 7.92. The molecule has 0 aliphatic carbocycles. The summed E-state index contributed by atoms with van der Waals surface area (Å²) in [6.45, 7) is 12.2. The zero-order chi connectivity index (χ0) is 34.6. The second-order valence-corrected chi connectivity index (χ2v) is 16.8. The predicted octanol–water partition coefficient (Wildman–Crippen LogP) is 5.23. The van der Waals surface area contributed by atoms with E-state index < -0.39 is 37.8 Å². The second-order valence-electron chi connectivity index (χ2n) is 12.6. The lowest BCUT2D eigenvalue weighted by Crippen LogP contribution is -2.50. The lowest BCUT2D eigenvalue weighted by Gasteiger charge is -2.28. The van der Waals surface area contributed by atoms with Gasteiger partial charge in [-0.2, -0.15) is 0 Å². The van der Waals surface area contributed by atoms with Crippen LogP contribution in [-0.2, 0) is 37.7 Å². The number of aryl methyl sites for hydroxylation is 2. The third-order valence-electron chi connectivity index (χ3n) is 7.59. The third-order valence-corrected chi connectivity index (χ3v) is 10.6. The van der Waals surface area contributed by atoms with Crippen LogP contribution in [0, 0.1) is 13.8 Å². The van der Waals surface area contributed by atoms with E-state index in [1.54, 1.807) is 20.8 Å². The Morgan fingerprint density at radius 1 is 0.851 bits per heavy atom. The molecule has 47 heavy (non-hydrogen) atoms. The first kappa shape index (κ1) is 36.1. The van der Waals surface area contributed by atoms with Gasteiger partial charge in [0.25, 0.3) is 0 Å². The number of nitrogens with zero attached hydrogens (tertiary/aromatic N) is 4. The number of carbonyl (C=O) groups is 1. The highest BCUT2D eigenvalue weighted by Crippen LogP contribution is 2.24. The van der Waals surface area contributed by atoms with Crippen LogP contribution in [0.1, 0.15) is 62.9 Å². The number of carbonyl (C=O) groups excluding carboxylic acids is 1. The van der Waals surface area contributed by atoms with Crippen molar-refractivity contribution in [2.24, 2.45) is 4.99 Å². The standard InChI is InChI=1S/C34H45N5O6S2/c1-8-46(41,42)36-38(47(43,44)9-2)24-29(22-27-18-14-25(3)15-19-27)39-31-13-11-10-12-30(31)37(23-28-20-16-26(4)17-21-28)32(39)35-33(40)45-34(5,6)7/h10-21,29,36H,8-9,22-24H2,1-7H3. The van der Waals surface area contributed by atoms with E-state index in [2.05, 4.69) is 9.82 Å². The van der Waals surface area contributed by atoms with Gasteiger partial charge in [0, 0.05) is 0 Å². The number of benzene rings is 3. The van der Waals surface area contributed by atoms with Gasteiger partial charge in [-0.1, -0.05) is 71.8 Å². The van der Waals surface area contributed by atoms with Gasteiger partial charge in [-0.3, -0.25) is 0 Å². The molecule has 0 bridgehead atoms. The van der Waals surface area contributed by atoms with Crippen LogP contribution in [0.25, 0.3) is 11.0 Å². The quantitative estimate of drug-likeness (QED) is 0.204. The van der Waals surface area contributed by atoms with Gasteiger partial charge < -0.3 is 13.9 Å². The van der Waals surface area contributed by atoms with E-state index in [4.69, 9.17) is 4.74 Å². The molecule has 4 rings (SSSR count). The average molecular weight is 684 g/mol. The van der Waals surface area contributed by atoms with Gasteiger partial charge in [0.1, 0.15) is 5.60 Å². The molecule has 1 aromatic heterocycles. The fourth-order valence-corrected chi connectivity index (χ4v) is 7.14. The van der Waals surface area contributed by atoms with Crippen LogP contribution in [0.5, 0.6) is 0 Å². The molecule has 1 atom stereocenters. The van der Waals surface area contributed by atoms with Gasteiger partial charge >= 0.3 is 6.09 Å². The summed E-state index contributed by atoms with van der Waals surface area (Å²) in [4.78, 5) is 20.2. The van der Waals surface area contributed by atoms with Crippen LogP contribution < -0.4 is 10.4 Å². The van der Waals surface area contributed by atoms with Crippen LogP contribution >= 0.6 is 0 Å². The molecule has 13 heteroatoms. The third kappa shape index (κ3) is 9.40. The summed E-state index contributed by atoms with van der Waals surface area (Å²) >= 11 is 0. The van der Waals surface area contributed by atoms with E-state index in [1.807, 2.05) is 95.8 Å². The topological polar surface area (TPSA) is 132 Å². The molecule has 4 aromatic rings. The van der Waals surface area contributed by atoms with Crippen LogP contribution in [0.3, 0.4) is 0 Å². The zero-order valence-corrected chi connectivity index (χ0v) is 29.7. The summed E-state index contributed by atoms with van der Waals surface area (Å²) < 4.78 is 62.5. The Labute approximate surface area is 278 Å². The molecule has 254 valence electrons. The van der Waals surface area contributed by atoms with E-state index >= 15 is 0 Å². The van der Waals surface area contributed by atoms with Crippen molar-refractivity contribution in [3.8, 4) is 0 Å². The molecule has 1 heterocycles. The number of fused-ring (bicyclic) bond motifs is 1. The van der Waals surface area contributed by atoms with Gasteiger partial charge in [0.05, 0.1) is 41.7 Å². The predicted molar refractivity (Wildman–Crippen MR) is 185 cm³/mol. The van der Waals surface area contributed by atoms with Crippen molar-refractivity contribution < 1.29 is 26.4 Å². The Hall–Kier alpha value is -3.78. The van der Waals surface area contributed by atoms with Crippen molar-refractivity contribution in [1.82, 2.24) is 18.4 Å². The maximum atomic E-state index is 13.4. The molecule has 1 N–H and O–H groups in total. The van der Waals surface area contributed by atoms with E-state index in [0.29, 0.717) is 18.5 Å². The minimum absolute atomic E-state index is 0.241. The Morgan fingerprint density at radius 3 is 1.94 bits per heavy atom. The Balaban J connectivity index is 2.04. The minimum Gasteiger partial charge on any atom is -0.442 e. The number of hydrazine groups is 1. The molecule has 0 aliphatic rings. The van der Waals surface area contributed by atoms with E-state index in [0.717, 1.165) is 32.2 Å². The fourth-order valence-electron chi connectivity index (χ4n) is 5.12. The summed E-state index contributed by atoms with van der Waals surface area (Å²) in [7, 11) is -8.03. The Morgan fingerprint density at radius 2 is 1.40 bits per heavy atom. The average Bonchev–Trinajstić information content (AvgIpc) is 3.29. The van der Waals surface area contributed by atoms with Crippen molar-refractivity contribution in [1.29, 1.82) is 0 Å². The maximum Gasteiger partial charge on any atom is 0.437 e. The molecule has 0 radical (unpaired) electrons. The van der Waals surface area contributed by atoms with Crippen molar-refractivity contribution >= 4 is 37.2 Å². The van der Waals surface area contributed by atoms with Crippen LogP contribution in [0.2, 0.25) is 0 Å². The maximum absolute atomic E-state index is 13.4. The van der Waals surface area contributed by atoms with Crippen LogP contribution in [-0.4, -0.2) is 60.1 Å². The zero-order valence-electron chi connectivity index (χ0n) is 28.1. The highest BCUT2D eigenvalue weighted by atomic mass is 32.2. The molecule has 0 fully saturated rings. The van der Waals surface area contributed by atoms with Crippen molar-refractivity contribution in [2.75, 3.05) is 18.1 Å². The van der Waals surface area contributed by atoms with Gasteiger partial charge in [0.15, 0.2) is 0 Å². The number of aromatic nitrogens is 2. The smallest absolute Gasteiger partial charge is 0.437 e. The molecule has 0 saturated heterocycles. The van der Waals surface area contributed by atoms with Crippen LogP contribution in [0.15, 0.2) is 77.8 Å². The number of hydrogen-bond acceptors (Lipinski definition) is 6. The van der Waals surface area contributed by atoms with Crippen molar-refractivity contribution in [2.45, 2.75) is 73.1 Å². The molecule has 3 aromatic carbocycles. The molecular weight excluding hydrogens is 639 g/mol. The normalized spacial score (nSPS) is 13.7. The lowest BCUT2D eigenvalue weighted by atomic mass is 10.0. The lowest BCUT2D eigenvalue weighted by molar-refractivity contribution is 0.0593. The first-order valence-corrected chi connectivity index (χ1v) is 18.9. The molecule has 0 saturated carbocycles. The van der Waals surface area contributed by atoms with E-state index in [1.165, 1.54) is 13.8 Å². The summed E-state index contributed by atoms with van der Waals surface area (Å²) in [5.41, 5.74) is 4.87. The Kier molecular flexibility index (Phi) is 11.2. The summed E-state index contributed by atoms with van der Waals surface area (Å²) in [6.07, 6.45) is -0.512. The summed E-state index contributed by atoms with van der Waals surface area (Å²) in [5.74, 6) is -0.640. The Bertz CT molecular complexity index is 1990. The molecular formula is C34H45N5O6S2. The van der Waals surface area contributed by atoms with Gasteiger partial charge in [0.2, 0.25) is 25.7 Å². The number of para-hydroxylation sites is 2. The number of imidazole rings is 1. The van der Waals surface area contributed by atoms with Crippen molar-refractivity contribution in [3.63, 3.8) is 0 Å². The number of nitrogens with one attached hydrogen (secondary N) is 1. The SMILES string of the molecule is CCS(=O)(=O)NN(CC(Cc1ccc(C)cc1)n1c(=NC(=O)OC(C)(C)C)n(Cc2ccc(C)cc2)c2ccccc21)S(=O)(=O)CC. The first-order valence-electron chi connectivity index (χ1n) is 15.6. The van der Waals surface area contributed by atoms with E-state index in [9.17, 15) is 21.6 Å². The molecule has 0 aliphatic heterocycles. The van der Waals surface area contributed by atoms with Gasteiger partial charge in [-0.25, -0.2) is 21.6 Å². The molecule has 1 unspecified atom stereocenters. The van der Waals surface area contributed by atoms with Gasteiger partial charge in [-0.05, 0) is 78.1 Å². The first-order chi connectivity index (χ1) is 22.0. The summed E-state index contributed by atoms with van der Waals surface area (Å²) in [5, 5.41) is 0. The summed E-state index contributed by atoms with van der Waals surface area (Å²) in [6, 6.07) is 22.7.